The lowest BCUT2D eigenvalue weighted by Gasteiger charge is -2.03. The Kier molecular flexibility index (Phi) is 3.48. The van der Waals surface area contributed by atoms with Gasteiger partial charge in [-0.25, -0.2) is 0 Å². The lowest BCUT2D eigenvalue weighted by Crippen LogP contribution is -1.92. The molecule has 4 heteroatoms. The Hall–Kier alpha value is -2.93. The maximum absolute atomic E-state index is 9.38. The fourth-order valence-corrected chi connectivity index (χ4v) is 2.11. The Morgan fingerprint density at radius 1 is 1.14 bits per heavy atom. The molecule has 2 aromatic rings. The fraction of sp³-hybridized carbons (Fsp3) is 0.118. The molecule has 0 N–H and O–H groups in total. The normalized spacial score (nSPS) is 12.9. The van der Waals surface area contributed by atoms with E-state index < -0.39 is 0 Å². The highest BCUT2D eigenvalue weighted by Gasteiger charge is 2.14. The van der Waals surface area contributed by atoms with Crippen LogP contribution >= 0.6 is 0 Å². The van der Waals surface area contributed by atoms with Crippen LogP contribution in [0.1, 0.15) is 11.1 Å². The summed E-state index contributed by atoms with van der Waals surface area (Å²) in [5.74, 6) is 2.16. The topological polar surface area (TPSA) is 51.5 Å². The van der Waals surface area contributed by atoms with Gasteiger partial charge in [-0.05, 0) is 47.5 Å². The molecule has 1 heterocycles. The second kappa shape index (κ2) is 5.59. The lowest BCUT2D eigenvalue weighted by atomic mass is 10.0. The van der Waals surface area contributed by atoms with Crippen molar-refractivity contribution in [3.63, 3.8) is 0 Å². The van der Waals surface area contributed by atoms with Crippen LogP contribution in [0, 0.1) is 11.3 Å². The van der Waals surface area contributed by atoms with E-state index >= 15 is 0 Å². The minimum Gasteiger partial charge on any atom is -0.497 e. The molecule has 0 amide bonds. The number of fused-ring (bicyclic) bond motifs is 1. The van der Waals surface area contributed by atoms with Crippen molar-refractivity contribution in [2.75, 3.05) is 13.9 Å². The van der Waals surface area contributed by atoms with Gasteiger partial charge < -0.3 is 14.2 Å². The summed E-state index contributed by atoms with van der Waals surface area (Å²) in [6, 6.07) is 15.2. The Bertz CT molecular complexity index is 727. The molecule has 0 saturated carbocycles. The molecule has 4 nitrogen and oxygen atoms in total. The van der Waals surface area contributed by atoms with E-state index in [9.17, 15) is 5.26 Å². The first-order valence-electron chi connectivity index (χ1n) is 6.46. The first-order chi connectivity index (χ1) is 10.3. The second-order valence-electron chi connectivity index (χ2n) is 4.51. The van der Waals surface area contributed by atoms with E-state index in [1.165, 1.54) is 0 Å². The van der Waals surface area contributed by atoms with Gasteiger partial charge in [-0.2, -0.15) is 5.26 Å². The molecule has 0 unspecified atom stereocenters. The zero-order valence-corrected chi connectivity index (χ0v) is 11.5. The molecule has 0 fully saturated rings. The van der Waals surface area contributed by atoms with E-state index in [4.69, 9.17) is 14.2 Å². The van der Waals surface area contributed by atoms with Gasteiger partial charge in [-0.1, -0.05) is 12.1 Å². The molecule has 21 heavy (non-hydrogen) atoms. The van der Waals surface area contributed by atoms with Crippen molar-refractivity contribution in [2.24, 2.45) is 0 Å². The van der Waals surface area contributed by atoms with Gasteiger partial charge >= 0.3 is 0 Å². The molecule has 0 aliphatic carbocycles. The molecule has 0 saturated heterocycles. The number of ether oxygens (including phenoxy) is 3. The van der Waals surface area contributed by atoms with E-state index in [-0.39, 0.29) is 6.79 Å². The maximum atomic E-state index is 9.38. The molecule has 0 aromatic heterocycles. The van der Waals surface area contributed by atoms with Crippen LogP contribution in [-0.2, 0) is 0 Å². The Labute approximate surface area is 122 Å². The monoisotopic (exact) mass is 279 g/mol. The van der Waals surface area contributed by atoms with Crippen molar-refractivity contribution in [2.45, 2.75) is 0 Å². The first-order valence-corrected chi connectivity index (χ1v) is 6.46. The highest BCUT2D eigenvalue weighted by molar-refractivity contribution is 5.90. The zero-order chi connectivity index (χ0) is 14.7. The number of methoxy groups -OCH3 is 1. The number of hydrogen-bond donors (Lipinski definition) is 0. The van der Waals surface area contributed by atoms with Crippen molar-refractivity contribution in [3.8, 4) is 23.3 Å². The van der Waals surface area contributed by atoms with Gasteiger partial charge in [0.15, 0.2) is 11.5 Å². The molecular formula is C17H13NO3. The third-order valence-electron chi connectivity index (χ3n) is 3.23. The quantitative estimate of drug-likeness (QED) is 0.637. The van der Waals surface area contributed by atoms with Crippen molar-refractivity contribution in [1.82, 2.24) is 0 Å². The summed E-state index contributed by atoms with van der Waals surface area (Å²) >= 11 is 0. The third kappa shape index (κ3) is 2.67. The molecular weight excluding hydrogens is 266 g/mol. The average molecular weight is 279 g/mol. The van der Waals surface area contributed by atoms with Gasteiger partial charge in [0, 0.05) is 0 Å². The molecule has 3 rings (SSSR count). The molecule has 0 spiro atoms. The van der Waals surface area contributed by atoms with Crippen LogP contribution in [0.2, 0.25) is 0 Å². The first kappa shape index (κ1) is 13.1. The summed E-state index contributed by atoms with van der Waals surface area (Å²) in [4.78, 5) is 0. The largest absolute Gasteiger partial charge is 0.497 e. The molecule has 0 atom stereocenters. The molecule has 1 aliphatic rings. The summed E-state index contributed by atoms with van der Waals surface area (Å²) in [7, 11) is 1.62. The van der Waals surface area contributed by atoms with E-state index in [1.807, 2.05) is 48.5 Å². The van der Waals surface area contributed by atoms with Gasteiger partial charge in [0.2, 0.25) is 6.79 Å². The highest BCUT2D eigenvalue weighted by atomic mass is 16.7. The summed E-state index contributed by atoms with van der Waals surface area (Å²) in [5, 5.41) is 9.38. The predicted molar refractivity (Wildman–Crippen MR) is 79.0 cm³/mol. The molecule has 104 valence electrons. The van der Waals surface area contributed by atoms with Crippen molar-refractivity contribution in [1.29, 1.82) is 5.26 Å². The van der Waals surface area contributed by atoms with Gasteiger partial charge in [-0.15, -0.1) is 0 Å². The van der Waals surface area contributed by atoms with Gasteiger partial charge in [0.05, 0.1) is 18.8 Å². The van der Waals surface area contributed by atoms with E-state index in [1.54, 1.807) is 7.11 Å². The summed E-state index contributed by atoms with van der Waals surface area (Å²) < 4.78 is 15.7. The smallest absolute Gasteiger partial charge is 0.231 e. The summed E-state index contributed by atoms with van der Waals surface area (Å²) in [6.07, 6.45) is 1.83. The Balaban J connectivity index is 1.94. The van der Waals surface area contributed by atoms with Gasteiger partial charge in [0.1, 0.15) is 5.75 Å². The zero-order valence-electron chi connectivity index (χ0n) is 11.5. The van der Waals surface area contributed by atoms with Crippen LogP contribution in [0.15, 0.2) is 42.5 Å². The molecule has 0 radical (unpaired) electrons. The number of nitrogens with zero attached hydrogens (tertiary/aromatic N) is 1. The minimum atomic E-state index is 0.225. The number of nitriles is 1. The minimum absolute atomic E-state index is 0.225. The fourth-order valence-electron chi connectivity index (χ4n) is 2.11. The number of hydrogen-bond acceptors (Lipinski definition) is 4. The number of benzene rings is 2. The van der Waals surface area contributed by atoms with Gasteiger partial charge in [-0.3, -0.25) is 0 Å². The van der Waals surface area contributed by atoms with Crippen molar-refractivity contribution in [3.05, 3.63) is 53.6 Å². The standard InChI is InChI=1S/C17H13NO3/c1-19-15-5-2-12(3-6-15)8-14(10-18)13-4-7-16-17(9-13)21-11-20-16/h2-9H,11H2,1H3/b14-8+. The Morgan fingerprint density at radius 2 is 1.90 bits per heavy atom. The van der Waals surface area contributed by atoms with Crippen LogP contribution in [0.25, 0.3) is 11.6 Å². The van der Waals surface area contributed by atoms with Crippen LogP contribution in [0.3, 0.4) is 0 Å². The summed E-state index contributed by atoms with van der Waals surface area (Å²) in [6.45, 7) is 0.225. The molecule has 0 bridgehead atoms. The molecule has 2 aromatic carbocycles. The summed E-state index contributed by atoms with van der Waals surface area (Å²) in [5.41, 5.74) is 2.31. The maximum Gasteiger partial charge on any atom is 0.231 e. The molecule has 1 aliphatic heterocycles. The Morgan fingerprint density at radius 3 is 2.62 bits per heavy atom. The van der Waals surface area contributed by atoms with E-state index in [0.29, 0.717) is 17.1 Å². The number of rotatable bonds is 3. The third-order valence-corrected chi connectivity index (χ3v) is 3.23. The van der Waals surface area contributed by atoms with Crippen LogP contribution in [-0.4, -0.2) is 13.9 Å². The van der Waals surface area contributed by atoms with Crippen molar-refractivity contribution < 1.29 is 14.2 Å². The second-order valence-corrected chi connectivity index (χ2v) is 4.51. The predicted octanol–water partition coefficient (Wildman–Crippen LogP) is 3.49. The van der Waals surface area contributed by atoms with Crippen LogP contribution in [0.4, 0.5) is 0 Å². The van der Waals surface area contributed by atoms with Crippen molar-refractivity contribution >= 4 is 11.6 Å². The highest BCUT2D eigenvalue weighted by Crippen LogP contribution is 2.34. The SMILES string of the molecule is COc1ccc(/C=C(\C#N)c2ccc3c(c2)OCO3)cc1. The average Bonchev–Trinajstić information content (AvgIpc) is 3.00. The van der Waals surface area contributed by atoms with Gasteiger partial charge in [0.25, 0.3) is 0 Å². The van der Waals surface area contributed by atoms with Crippen LogP contribution in [0.5, 0.6) is 17.2 Å². The lowest BCUT2D eigenvalue weighted by molar-refractivity contribution is 0.174. The number of allylic oxidation sites excluding steroid dienone is 1. The van der Waals surface area contributed by atoms with E-state index in [2.05, 4.69) is 6.07 Å². The van der Waals surface area contributed by atoms with Crippen LogP contribution < -0.4 is 14.2 Å². The van der Waals surface area contributed by atoms with E-state index in [0.717, 1.165) is 16.9 Å².